The molecule has 3 aromatic rings. The Labute approximate surface area is 149 Å². The Morgan fingerprint density at radius 3 is 2.60 bits per heavy atom. The van der Waals surface area contributed by atoms with Gasteiger partial charge in [0, 0.05) is 11.4 Å². The van der Waals surface area contributed by atoms with E-state index in [1.807, 2.05) is 0 Å². The summed E-state index contributed by atoms with van der Waals surface area (Å²) in [4.78, 5) is 21.6. The van der Waals surface area contributed by atoms with Gasteiger partial charge in [-0.2, -0.15) is 13.2 Å². The molecule has 132 valence electrons. The minimum absolute atomic E-state index is 0.0202. The fourth-order valence-corrected chi connectivity index (χ4v) is 3.18. The third-order valence-electron chi connectivity index (χ3n) is 3.89. The van der Waals surface area contributed by atoms with Crippen LogP contribution in [0.5, 0.6) is 0 Å². The summed E-state index contributed by atoms with van der Waals surface area (Å²) >= 11 is 7.05. The van der Waals surface area contributed by atoms with Crippen molar-refractivity contribution in [1.29, 1.82) is 0 Å². The number of thiazole rings is 1. The van der Waals surface area contributed by atoms with Crippen molar-refractivity contribution < 1.29 is 13.2 Å². The quantitative estimate of drug-likeness (QED) is 0.656. The Balaban J connectivity index is 2.08. The van der Waals surface area contributed by atoms with Gasteiger partial charge in [-0.25, -0.2) is 9.97 Å². The number of rotatable bonds is 4. The maximum atomic E-state index is 12.8. The predicted octanol–water partition coefficient (Wildman–Crippen LogP) is 4.63. The maximum absolute atomic E-state index is 12.8. The van der Waals surface area contributed by atoms with Crippen LogP contribution < -0.4 is 5.56 Å². The highest BCUT2D eigenvalue weighted by Gasteiger charge is 2.35. The lowest BCUT2D eigenvalue weighted by Crippen LogP contribution is -2.26. The average molecular weight is 388 g/mol. The first-order valence-electron chi connectivity index (χ1n) is 7.45. The van der Waals surface area contributed by atoms with Crippen molar-refractivity contribution in [3.8, 4) is 5.69 Å². The largest absolute Gasteiger partial charge is 0.391 e. The van der Waals surface area contributed by atoms with Gasteiger partial charge in [0.2, 0.25) is 0 Å². The van der Waals surface area contributed by atoms with E-state index in [-0.39, 0.29) is 24.2 Å². The van der Waals surface area contributed by atoms with Crippen LogP contribution in [-0.2, 0) is 6.42 Å². The van der Waals surface area contributed by atoms with Crippen molar-refractivity contribution in [3.63, 3.8) is 0 Å². The summed E-state index contributed by atoms with van der Waals surface area (Å²) in [6.07, 6.45) is -4.42. The highest BCUT2D eigenvalue weighted by Crippen LogP contribution is 2.29. The Bertz CT molecular complexity index is 950. The zero-order chi connectivity index (χ0) is 18.2. The average Bonchev–Trinajstić information content (AvgIpc) is 3.02. The van der Waals surface area contributed by atoms with Crippen LogP contribution in [0.15, 0.2) is 34.6 Å². The molecule has 1 unspecified atom stereocenters. The van der Waals surface area contributed by atoms with Crippen molar-refractivity contribution >= 4 is 33.3 Å². The molecule has 0 amide bonds. The number of halogens is 4. The minimum atomic E-state index is -4.28. The lowest BCUT2D eigenvalue weighted by atomic mass is 10.0. The standard InChI is InChI=1S/C16H13ClF3N3OS/c1-9(16(18,19)20)2-7-12-22-14-13(21-8-25-14)15(24)23(12)11-5-3-10(17)4-6-11/h3-6,8-9H,2,7H2,1H3. The van der Waals surface area contributed by atoms with E-state index in [1.54, 1.807) is 24.3 Å². The monoisotopic (exact) mass is 387 g/mol. The minimum Gasteiger partial charge on any atom is -0.266 e. The van der Waals surface area contributed by atoms with E-state index >= 15 is 0 Å². The highest BCUT2D eigenvalue weighted by molar-refractivity contribution is 7.16. The zero-order valence-electron chi connectivity index (χ0n) is 13.0. The third-order valence-corrected chi connectivity index (χ3v) is 4.86. The number of fused-ring (bicyclic) bond motifs is 1. The molecule has 4 nitrogen and oxygen atoms in total. The van der Waals surface area contributed by atoms with Gasteiger partial charge < -0.3 is 0 Å². The number of benzene rings is 1. The molecule has 0 aliphatic carbocycles. The van der Waals surface area contributed by atoms with Crippen molar-refractivity contribution in [2.24, 2.45) is 5.92 Å². The molecular formula is C16H13ClF3N3OS. The van der Waals surface area contributed by atoms with Crippen molar-refractivity contribution in [1.82, 2.24) is 14.5 Å². The van der Waals surface area contributed by atoms with Crippen LogP contribution in [0.2, 0.25) is 5.02 Å². The molecule has 0 radical (unpaired) electrons. The molecular weight excluding hydrogens is 375 g/mol. The molecule has 0 fully saturated rings. The fourth-order valence-electron chi connectivity index (χ4n) is 2.39. The number of aromatic nitrogens is 3. The van der Waals surface area contributed by atoms with E-state index in [2.05, 4.69) is 9.97 Å². The second kappa shape index (κ2) is 6.76. The van der Waals surface area contributed by atoms with Crippen molar-refractivity contribution in [3.05, 3.63) is 51.0 Å². The van der Waals surface area contributed by atoms with Crippen LogP contribution in [0.4, 0.5) is 13.2 Å². The van der Waals surface area contributed by atoms with Crippen LogP contribution in [0.1, 0.15) is 19.2 Å². The summed E-state index contributed by atoms with van der Waals surface area (Å²) in [5.74, 6) is -1.21. The number of aryl methyl sites for hydroxylation is 1. The van der Waals surface area contributed by atoms with Gasteiger partial charge >= 0.3 is 6.18 Å². The third kappa shape index (κ3) is 3.69. The van der Waals surface area contributed by atoms with E-state index < -0.39 is 17.7 Å². The first-order valence-corrected chi connectivity index (χ1v) is 8.71. The zero-order valence-corrected chi connectivity index (χ0v) is 14.6. The number of nitrogens with zero attached hydrogens (tertiary/aromatic N) is 3. The lowest BCUT2D eigenvalue weighted by molar-refractivity contribution is -0.171. The molecule has 1 aromatic carbocycles. The molecule has 25 heavy (non-hydrogen) atoms. The maximum Gasteiger partial charge on any atom is 0.391 e. The lowest BCUT2D eigenvalue weighted by Gasteiger charge is -2.17. The molecule has 0 aliphatic heterocycles. The summed E-state index contributed by atoms with van der Waals surface area (Å²) in [7, 11) is 0. The summed E-state index contributed by atoms with van der Waals surface area (Å²) < 4.78 is 39.7. The topological polar surface area (TPSA) is 47.8 Å². The molecule has 2 aromatic heterocycles. The van der Waals surface area contributed by atoms with Crippen molar-refractivity contribution in [2.45, 2.75) is 25.9 Å². The number of hydrogen-bond donors (Lipinski definition) is 0. The molecule has 0 spiro atoms. The fraction of sp³-hybridized carbons (Fsp3) is 0.312. The molecule has 2 heterocycles. The normalized spacial score (nSPS) is 13.3. The number of hydrogen-bond acceptors (Lipinski definition) is 4. The van der Waals surface area contributed by atoms with E-state index in [1.165, 1.54) is 21.4 Å². The van der Waals surface area contributed by atoms with Gasteiger partial charge in [0.25, 0.3) is 5.56 Å². The van der Waals surface area contributed by atoms with E-state index in [4.69, 9.17) is 11.6 Å². The summed E-state index contributed by atoms with van der Waals surface area (Å²) in [5.41, 5.74) is 1.79. The molecule has 0 aliphatic rings. The second-order valence-electron chi connectivity index (χ2n) is 5.63. The van der Waals surface area contributed by atoms with Crippen LogP contribution in [0, 0.1) is 5.92 Å². The molecule has 1 atom stereocenters. The molecule has 0 saturated heterocycles. The van der Waals surface area contributed by atoms with Gasteiger partial charge in [-0.3, -0.25) is 9.36 Å². The van der Waals surface area contributed by atoms with Gasteiger partial charge in [-0.05, 0) is 30.7 Å². The first kappa shape index (κ1) is 17.9. The van der Waals surface area contributed by atoms with Crippen LogP contribution >= 0.6 is 22.9 Å². The summed E-state index contributed by atoms with van der Waals surface area (Å²) in [6, 6.07) is 6.47. The number of alkyl halides is 3. The van der Waals surface area contributed by atoms with Crippen molar-refractivity contribution in [2.75, 3.05) is 0 Å². The first-order chi connectivity index (χ1) is 11.8. The van der Waals surface area contributed by atoms with Gasteiger partial charge in [0.1, 0.15) is 5.82 Å². The molecule has 0 saturated carbocycles. The van der Waals surface area contributed by atoms with Crippen LogP contribution in [-0.4, -0.2) is 20.7 Å². The molecule has 0 N–H and O–H groups in total. The molecule has 9 heteroatoms. The smallest absolute Gasteiger partial charge is 0.266 e. The summed E-state index contributed by atoms with van der Waals surface area (Å²) in [6.45, 7) is 1.12. The Kier molecular flexibility index (Phi) is 4.83. The SMILES string of the molecule is CC(CCc1nc2scnc2c(=O)n1-c1ccc(Cl)cc1)C(F)(F)F. The van der Waals surface area contributed by atoms with Gasteiger partial charge in [-0.15, -0.1) is 11.3 Å². The van der Waals surface area contributed by atoms with Gasteiger partial charge in [0.15, 0.2) is 10.3 Å². The summed E-state index contributed by atoms with van der Waals surface area (Å²) in [5, 5.41) is 0.492. The van der Waals surface area contributed by atoms with Gasteiger partial charge in [0.05, 0.1) is 17.1 Å². The Hall–Kier alpha value is -1.93. The Morgan fingerprint density at radius 2 is 1.96 bits per heavy atom. The molecule has 0 bridgehead atoms. The predicted molar refractivity (Wildman–Crippen MR) is 91.6 cm³/mol. The Morgan fingerprint density at radius 1 is 1.28 bits per heavy atom. The van der Waals surface area contributed by atoms with Gasteiger partial charge in [-0.1, -0.05) is 18.5 Å². The van der Waals surface area contributed by atoms with Crippen LogP contribution in [0.3, 0.4) is 0 Å². The van der Waals surface area contributed by atoms with E-state index in [0.29, 0.717) is 15.5 Å². The molecule has 3 rings (SSSR count). The second-order valence-corrected chi connectivity index (χ2v) is 6.90. The highest BCUT2D eigenvalue weighted by atomic mass is 35.5. The van der Waals surface area contributed by atoms with Crippen LogP contribution in [0.25, 0.3) is 16.0 Å². The van der Waals surface area contributed by atoms with E-state index in [0.717, 1.165) is 6.92 Å². The van der Waals surface area contributed by atoms with E-state index in [9.17, 15) is 18.0 Å².